The van der Waals surface area contributed by atoms with Crippen molar-refractivity contribution >= 4 is 60.8 Å². The van der Waals surface area contributed by atoms with Crippen molar-refractivity contribution in [1.82, 2.24) is 0 Å². The van der Waals surface area contributed by atoms with Gasteiger partial charge in [0.05, 0.1) is 0 Å². The van der Waals surface area contributed by atoms with E-state index in [1.165, 1.54) is 154 Å². The van der Waals surface area contributed by atoms with Crippen molar-refractivity contribution in [3.8, 4) is 0 Å². The quantitative estimate of drug-likeness (QED) is 0.0519. The van der Waals surface area contributed by atoms with Gasteiger partial charge in [0.25, 0.3) is 0 Å². The van der Waals surface area contributed by atoms with E-state index in [1.807, 2.05) is 60.7 Å². The molecule has 296 valence electrons. The standard InChI is InChI=1S/2C24H40O2.Ba/c2*1-2-3-4-5-6-7-8-9-10-11-12-13-14-18-21-23(24(25)26)22-19-16-15-17-20-22;/h2*15-17,19-20,23H,2-14,18,21H2,1H3,(H,25,26);/q;;+2/p-2. The third-order valence-electron chi connectivity index (χ3n) is 10.7. The molecule has 0 heterocycles. The topological polar surface area (TPSA) is 80.3 Å². The molecule has 53 heavy (non-hydrogen) atoms. The van der Waals surface area contributed by atoms with Crippen LogP contribution in [0.5, 0.6) is 0 Å². The number of carbonyl (C=O) groups excluding carboxylic acids is 2. The van der Waals surface area contributed by atoms with Crippen molar-refractivity contribution in [1.29, 1.82) is 0 Å². The van der Waals surface area contributed by atoms with Crippen molar-refractivity contribution in [3.05, 3.63) is 71.8 Å². The Morgan fingerprint density at radius 2 is 0.585 bits per heavy atom. The molecule has 0 aliphatic heterocycles. The summed E-state index contributed by atoms with van der Waals surface area (Å²) in [5, 5.41) is 22.7. The predicted octanol–water partition coefficient (Wildman–Crippen LogP) is 12.4. The molecule has 2 unspecified atom stereocenters. The number of carboxylic acids is 2. The average molecular weight is 856 g/mol. The first kappa shape index (κ1) is 52.0. The summed E-state index contributed by atoms with van der Waals surface area (Å²) in [5.74, 6) is -2.78. The molecule has 0 aliphatic rings. The summed E-state index contributed by atoms with van der Waals surface area (Å²) in [6.07, 6.45) is 38.4. The van der Waals surface area contributed by atoms with Gasteiger partial charge in [0, 0.05) is 23.8 Å². The number of aliphatic carboxylic acids is 2. The molecule has 0 saturated heterocycles. The molecule has 0 aromatic heterocycles. The average Bonchev–Trinajstić information content (AvgIpc) is 3.15. The SMILES string of the molecule is CCCCCCCCCCCCCCCCC(C(=O)[O-])c1ccccc1.CCCCCCCCCCCCCCCCC(C(=O)[O-])c1ccccc1.[Ba+2]. The Hall–Kier alpha value is -1.05. The van der Waals surface area contributed by atoms with Gasteiger partial charge in [-0.1, -0.05) is 254 Å². The number of hydrogen-bond acceptors (Lipinski definition) is 4. The Morgan fingerprint density at radius 1 is 0.377 bits per heavy atom. The van der Waals surface area contributed by atoms with Gasteiger partial charge in [-0.25, -0.2) is 0 Å². The van der Waals surface area contributed by atoms with Gasteiger partial charge in [-0.3, -0.25) is 0 Å². The Balaban J connectivity index is 0.00000100. The van der Waals surface area contributed by atoms with E-state index in [0.717, 1.165) is 36.8 Å². The van der Waals surface area contributed by atoms with Crippen LogP contribution in [0.1, 0.15) is 229 Å². The summed E-state index contributed by atoms with van der Waals surface area (Å²) in [6, 6.07) is 19.0. The fourth-order valence-corrected chi connectivity index (χ4v) is 7.30. The van der Waals surface area contributed by atoms with Crippen LogP contribution in [0, 0.1) is 0 Å². The zero-order chi connectivity index (χ0) is 37.7. The van der Waals surface area contributed by atoms with Gasteiger partial charge in [-0.2, -0.15) is 0 Å². The molecule has 2 aromatic rings. The molecule has 0 aliphatic carbocycles. The third kappa shape index (κ3) is 30.8. The summed E-state index contributed by atoms with van der Waals surface area (Å²) in [5.41, 5.74) is 1.75. The summed E-state index contributed by atoms with van der Waals surface area (Å²) in [7, 11) is 0. The monoisotopic (exact) mass is 856 g/mol. The summed E-state index contributed by atoms with van der Waals surface area (Å²) in [4.78, 5) is 22.7. The van der Waals surface area contributed by atoms with Crippen molar-refractivity contribution < 1.29 is 19.8 Å². The maximum atomic E-state index is 11.4. The number of benzene rings is 2. The molecule has 2 rings (SSSR count). The van der Waals surface area contributed by atoms with Gasteiger partial charge in [-0.15, -0.1) is 0 Å². The molecule has 0 spiro atoms. The number of carbonyl (C=O) groups is 2. The Kier molecular flexibility index (Phi) is 38.4. The molecule has 0 N–H and O–H groups in total. The van der Waals surface area contributed by atoms with E-state index in [0.29, 0.717) is 12.8 Å². The van der Waals surface area contributed by atoms with Crippen molar-refractivity contribution in [2.75, 3.05) is 0 Å². The zero-order valence-corrected chi connectivity index (χ0v) is 38.9. The molecule has 0 fully saturated rings. The maximum Gasteiger partial charge on any atom is 2.00 e. The van der Waals surface area contributed by atoms with Gasteiger partial charge in [-0.05, 0) is 24.0 Å². The zero-order valence-electron chi connectivity index (χ0n) is 34.5. The van der Waals surface area contributed by atoms with Crippen LogP contribution in [0.4, 0.5) is 0 Å². The Bertz CT molecular complexity index is 974. The van der Waals surface area contributed by atoms with Crippen LogP contribution in [0.3, 0.4) is 0 Å². The molecular weight excluding hydrogens is 778 g/mol. The minimum Gasteiger partial charge on any atom is -0.549 e. The number of carboxylic acid groups (broad SMARTS) is 2. The van der Waals surface area contributed by atoms with E-state index in [2.05, 4.69) is 13.8 Å². The first-order valence-corrected chi connectivity index (χ1v) is 22.0. The van der Waals surface area contributed by atoms with Gasteiger partial charge in [0.15, 0.2) is 0 Å². The second-order valence-corrected chi connectivity index (χ2v) is 15.3. The molecule has 0 amide bonds. The minimum atomic E-state index is -0.939. The third-order valence-corrected chi connectivity index (χ3v) is 10.7. The van der Waals surface area contributed by atoms with E-state index < -0.39 is 23.8 Å². The van der Waals surface area contributed by atoms with E-state index in [9.17, 15) is 19.8 Å². The van der Waals surface area contributed by atoms with Crippen molar-refractivity contribution in [2.45, 2.75) is 218 Å². The molecule has 5 heteroatoms. The second kappa shape index (κ2) is 39.2. The van der Waals surface area contributed by atoms with Gasteiger partial charge >= 0.3 is 48.9 Å². The van der Waals surface area contributed by atoms with E-state index >= 15 is 0 Å². The predicted molar refractivity (Wildman–Crippen MR) is 224 cm³/mol. The number of rotatable bonds is 34. The largest absolute Gasteiger partial charge is 2.00 e. The molecule has 2 aromatic carbocycles. The summed E-state index contributed by atoms with van der Waals surface area (Å²) < 4.78 is 0. The molecule has 2 atom stereocenters. The van der Waals surface area contributed by atoms with Gasteiger partial charge < -0.3 is 19.8 Å². The maximum absolute atomic E-state index is 11.4. The van der Waals surface area contributed by atoms with Crippen LogP contribution in [-0.2, 0) is 9.59 Å². The van der Waals surface area contributed by atoms with Gasteiger partial charge in [0.1, 0.15) is 0 Å². The smallest absolute Gasteiger partial charge is 0.549 e. The molecule has 0 bridgehead atoms. The molecule has 0 saturated carbocycles. The van der Waals surface area contributed by atoms with Crippen LogP contribution in [-0.4, -0.2) is 60.8 Å². The van der Waals surface area contributed by atoms with Crippen LogP contribution in [0.2, 0.25) is 0 Å². The summed E-state index contributed by atoms with van der Waals surface area (Å²) in [6.45, 7) is 4.54. The first-order chi connectivity index (χ1) is 25.5. The van der Waals surface area contributed by atoms with E-state index in [1.54, 1.807) is 0 Å². The fourth-order valence-electron chi connectivity index (χ4n) is 7.30. The van der Waals surface area contributed by atoms with Gasteiger partial charge in [0.2, 0.25) is 0 Å². The second-order valence-electron chi connectivity index (χ2n) is 15.3. The van der Waals surface area contributed by atoms with Crippen molar-refractivity contribution in [2.24, 2.45) is 0 Å². The Labute approximate surface area is 367 Å². The molecular formula is C48H78BaO4. The fraction of sp³-hybridized carbons (Fsp3) is 0.708. The van der Waals surface area contributed by atoms with Crippen LogP contribution in [0.25, 0.3) is 0 Å². The van der Waals surface area contributed by atoms with Crippen LogP contribution < -0.4 is 10.2 Å². The molecule has 0 radical (unpaired) electrons. The minimum absolute atomic E-state index is 0. The normalized spacial score (nSPS) is 12.0. The van der Waals surface area contributed by atoms with Crippen molar-refractivity contribution in [3.63, 3.8) is 0 Å². The summed E-state index contributed by atoms with van der Waals surface area (Å²) >= 11 is 0. The number of unbranched alkanes of at least 4 members (excludes halogenated alkanes) is 26. The molecule has 4 nitrogen and oxygen atoms in total. The Morgan fingerprint density at radius 3 is 0.792 bits per heavy atom. The first-order valence-electron chi connectivity index (χ1n) is 22.0. The van der Waals surface area contributed by atoms with E-state index in [4.69, 9.17) is 0 Å². The van der Waals surface area contributed by atoms with E-state index in [-0.39, 0.29) is 48.9 Å². The van der Waals surface area contributed by atoms with Crippen LogP contribution >= 0.6 is 0 Å². The number of hydrogen-bond donors (Lipinski definition) is 0. The van der Waals surface area contributed by atoms with Crippen LogP contribution in [0.15, 0.2) is 60.7 Å².